The molecule has 4 heteroatoms. The molecule has 0 spiro atoms. The van der Waals surface area contributed by atoms with Crippen LogP contribution in [0.1, 0.15) is 27.0 Å². The second kappa shape index (κ2) is 7.30. The molecule has 0 radical (unpaired) electrons. The average molecular weight is 388 g/mol. The van der Waals surface area contributed by atoms with E-state index in [2.05, 4.69) is 5.32 Å². The Labute approximate surface area is 169 Å². The zero-order valence-corrected chi connectivity index (χ0v) is 16.6. The Bertz CT molecular complexity index is 1070. The van der Waals surface area contributed by atoms with Crippen LogP contribution in [0, 0.1) is 13.8 Å². The Morgan fingerprint density at radius 2 is 1.71 bits per heavy atom. The fraction of sp³-hybridized carbons (Fsp3) is 0.125. The van der Waals surface area contributed by atoms with Crippen molar-refractivity contribution in [3.63, 3.8) is 0 Å². The molecule has 1 atom stereocenters. The van der Waals surface area contributed by atoms with Gasteiger partial charge in [0.25, 0.3) is 0 Å². The Morgan fingerprint density at radius 1 is 1.00 bits per heavy atom. The van der Waals surface area contributed by atoms with Crippen LogP contribution in [-0.2, 0) is 4.93 Å². The van der Waals surface area contributed by atoms with Crippen LogP contribution < -0.4 is 5.32 Å². The molecular formula is C24H21NO2S. The fourth-order valence-electron chi connectivity index (χ4n) is 3.33. The van der Waals surface area contributed by atoms with Gasteiger partial charge in [0, 0.05) is 22.1 Å². The van der Waals surface area contributed by atoms with E-state index < -0.39 is 4.93 Å². The minimum atomic E-state index is -1.37. The molecule has 0 fully saturated rings. The zero-order chi connectivity index (χ0) is 19.7. The molecule has 4 rings (SSSR count). The molecule has 1 aliphatic heterocycles. The lowest BCUT2D eigenvalue weighted by molar-refractivity contribution is 0.104. The van der Waals surface area contributed by atoms with Gasteiger partial charge in [0.15, 0.2) is 10.7 Å². The highest BCUT2D eigenvalue weighted by Gasteiger charge is 2.40. The number of fused-ring (bicyclic) bond motifs is 1. The largest absolute Gasteiger partial charge is 0.370 e. The third-order valence-electron chi connectivity index (χ3n) is 4.88. The number of rotatable bonds is 3. The normalized spacial score (nSPS) is 19.8. The number of para-hydroxylation sites is 1. The summed E-state index contributed by atoms with van der Waals surface area (Å²) in [7, 11) is 0. The van der Waals surface area contributed by atoms with E-state index in [4.69, 9.17) is 0 Å². The van der Waals surface area contributed by atoms with E-state index in [1.165, 1.54) is 17.8 Å². The Balaban J connectivity index is 1.83. The molecule has 3 aromatic rings. The van der Waals surface area contributed by atoms with Gasteiger partial charge in [-0.1, -0.05) is 71.9 Å². The van der Waals surface area contributed by atoms with Crippen LogP contribution in [0.4, 0.5) is 5.69 Å². The maximum atomic E-state index is 13.1. The molecule has 1 unspecified atom stereocenters. The maximum Gasteiger partial charge on any atom is 0.187 e. The predicted octanol–water partition coefficient (Wildman–Crippen LogP) is 5.43. The van der Waals surface area contributed by atoms with Gasteiger partial charge in [-0.2, -0.15) is 0 Å². The monoisotopic (exact) mass is 387 g/mol. The lowest BCUT2D eigenvalue weighted by atomic mass is 9.98. The first-order chi connectivity index (χ1) is 13.5. The van der Waals surface area contributed by atoms with Crippen molar-refractivity contribution in [2.45, 2.75) is 23.7 Å². The van der Waals surface area contributed by atoms with Crippen molar-refractivity contribution in [2.75, 3.05) is 5.32 Å². The van der Waals surface area contributed by atoms with Gasteiger partial charge >= 0.3 is 0 Å². The Morgan fingerprint density at radius 3 is 2.50 bits per heavy atom. The quantitative estimate of drug-likeness (QED) is 0.464. The molecule has 2 N–H and O–H groups in total. The Hall–Kier alpha value is -2.82. The second-order valence-electron chi connectivity index (χ2n) is 6.97. The number of hydrogen-bond donors (Lipinski definition) is 2. The minimum Gasteiger partial charge on any atom is -0.370 e. The van der Waals surface area contributed by atoms with Gasteiger partial charge in [-0.05, 0) is 37.6 Å². The predicted molar refractivity (Wildman–Crippen MR) is 115 cm³/mol. The third kappa shape index (κ3) is 3.37. The van der Waals surface area contributed by atoms with Crippen molar-refractivity contribution in [1.82, 2.24) is 0 Å². The smallest absolute Gasteiger partial charge is 0.187 e. The summed E-state index contributed by atoms with van der Waals surface area (Å²) in [6.07, 6.45) is 1.53. The molecule has 28 heavy (non-hydrogen) atoms. The van der Waals surface area contributed by atoms with Gasteiger partial charge in [0.1, 0.15) is 0 Å². The highest BCUT2D eigenvalue weighted by atomic mass is 32.2. The number of carbonyl (C=O) groups is 1. The van der Waals surface area contributed by atoms with Crippen molar-refractivity contribution in [2.24, 2.45) is 0 Å². The van der Waals surface area contributed by atoms with E-state index in [1.807, 2.05) is 86.6 Å². The molecule has 140 valence electrons. The van der Waals surface area contributed by atoms with E-state index >= 15 is 0 Å². The van der Waals surface area contributed by atoms with Gasteiger partial charge in [0.2, 0.25) is 0 Å². The number of hydrogen-bond acceptors (Lipinski definition) is 4. The molecule has 0 amide bonds. The number of carbonyl (C=O) groups excluding carboxylic acids is 1. The second-order valence-corrected chi connectivity index (χ2v) is 8.21. The maximum absolute atomic E-state index is 13.1. The van der Waals surface area contributed by atoms with Gasteiger partial charge in [-0.3, -0.25) is 4.79 Å². The summed E-state index contributed by atoms with van der Waals surface area (Å²) < 4.78 is 0. The molecule has 1 aliphatic rings. The summed E-state index contributed by atoms with van der Waals surface area (Å²) in [6.45, 7) is 3.89. The summed E-state index contributed by atoms with van der Waals surface area (Å²) in [6, 6.07) is 23.0. The van der Waals surface area contributed by atoms with Crippen molar-refractivity contribution >= 4 is 23.2 Å². The van der Waals surface area contributed by atoms with Crippen LogP contribution in [0.15, 0.2) is 89.5 Å². The first-order valence-electron chi connectivity index (χ1n) is 9.14. The van der Waals surface area contributed by atoms with E-state index in [0.717, 1.165) is 27.3 Å². The van der Waals surface area contributed by atoms with Gasteiger partial charge in [-0.15, -0.1) is 0 Å². The number of benzene rings is 3. The zero-order valence-electron chi connectivity index (χ0n) is 15.8. The van der Waals surface area contributed by atoms with Crippen LogP contribution >= 0.6 is 11.8 Å². The van der Waals surface area contributed by atoms with Crippen LogP contribution in [0.25, 0.3) is 0 Å². The molecule has 0 saturated heterocycles. The van der Waals surface area contributed by atoms with Gasteiger partial charge in [0.05, 0.1) is 11.4 Å². The molecule has 3 aromatic carbocycles. The number of nitrogens with one attached hydrogen (secondary N) is 1. The van der Waals surface area contributed by atoms with Crippen molar-refractivity contribution in [3.05, 3.63) is 107 Å². The van der Waals surface area contributed by atoms with Crippen LogP contribution in [0.3, 0.4) is 0 Å². The summed E-state index contributed by atoms with van der Waals surface area (Å²) in [5.41, 5.74) is 4.67. The number of anilines is 1. The van der Waals surface area contributed by atoms with E-state index in [0.29, 0.717) is 11.3 Å². The number of allylic oxidation sites excluding steroid dienone is 1. The summed E-state index contributed by atoms with van der Waals surface area (Å²) in [5.74, 6) is -0.127. The topological polar surface area (TPSA) is 49.3 Å². The van der Waals surface area contributed by atoms with Gasteiger partial charge < -0.3 is 10.4 Å². The van der Waals surface area contributed by atoms with Crippen molar-refractivity contribution in [3.8, 4) is 0 Å². The number of aliphatic hydroxyl groups is 1. The fourth-order valence-corrected chi connectivity index (χ4v) is 4.49. The molecular weight excluding hydrogens is 366 g/mol. The van der Waals surface area contributed by atoms with E-state index in [9.17, 15) is 9.90 Å². The molecule has 0 aromatic heterocycles. The first kappa shape index (κ1) is 18.5. The molecule has 3 nitrogen and oxygen atoms in total. The third-order valence-corrected chi connectivity index (χ3v) is 6.21. The first-order valence-corrected chi connectivity index (χ1v) is 9.96. The SMILES string of the molecule is Cc1ccc(C)c(C(=O)/C=C2\Nc3ccccc3SC2(O)c2ccccc2)c1. The number of ketones is 1. The van der Waals surface area contributed by atoms with Crippen LogP contribution in [0.5, 0.6) is 0 Å². The average Bonchev–Trinajstić information content (AvgIpc) is 2.71. The molecule has 1 heterocycles. The van der Waals surface area contributed by atoms with E-state index in [-0.39, 0.29) is 5.78 Å². The van der Waals surface area contributed by atoms with E-state index in [1.54, 1.807) is 0 Å². The number of aryl methyl sites for hydroxylation is 2. The number of thioether (sulfide) groups is 1. The van der Waals surface area contributed by atoms with Crippen molar-refractivity contribution < 1.29 is 9.90 Å². The standard InChI is InChI=1S/C24H21NO2S/c1-16-12-13-17(2)19(14-16)21(26)15-23-24(27,18-8-4-3-5-9-18)28-22-11-7-6-10-20(22)25-23/h3-15,25,27H,1-2H3/b23-15-. The van der Waals surface area contributed by atoms with Gasteiger partial charge in [-0.25, -0.2) is 0 Å². The molecule has 0 saturated carbocycles. The summed E-state index contributed by atoms with van der Waals surface area (Å²) in [4.78, 5) is 12.6. The Kier molecular flexibility index (Phi) is 4.84. The molecule has 0 bridgehead atoms. The summed E-state index contributed by atoms with van der Waals surface area (Å²) >= 11 is 1.34. The highest BCUT2D eigenvalue weighted by Crippen LogP contribution is 2.51. The van der Waals surface area contributed by atoms with Crippen LogP contribution in [-0.4, -0.2) is 10.9 Å². The van der Waals surface area contributed by atoms with Crippen molar-refractivity contribution in [1.29, 1.82) is 0 Å². The summed E-state index contributed by atoms with van der Waals surface area (Å²) in [5, 5.41) is 14.9. The van der Waals surface area contributed by atoms with Crippen LogP contribution in [0.2, 0.25) is 0 Å². The lowest BCUT2D eigenvalue weighted by Gasteiger charge is -2.36. The minimum absolute atomic E-state index is 0.127. The highest BCUT2D eigenvalue weighted by molar-refractivity contribution is 8.00. The lowest BCUT2D eigenvalue weighted by Crippen LogP contribution is -2.32. The molecule has 0 aliphatic carbocycles.